The molecule has 2 aliphatic heterocycles. The molecule has 136 valence electrons. The highest BCUT2D eigenvalue weighted by Gasteiger charge is 2.41. The molecule has 0 aromatic heterocycles. The van der Waals surface area contributed by atoms with E-state index in [1.165, 1.54) is 12.1 Å². The molecule has 1 aromatic carbocycles. The van der Waals surface area contributed by atoms with Crippen LogP contribution in [-0.2, 0) is 4.79 Å². The molecule has 3 rings (SSSR count). The quantitative estimate of drug-likeness (QED) is 0.871. The van der Waals surface area contributed by atoms with Crippen molar-refractivity contribution >= 4 is 11.8 Å². The van der Waals surface area contributed by atoms with Crippen molar-refractivity contribution in [3.63, 3.8) is 0 Å². The van der Waals surface area contributed by atoms with Crippen LogP contribution >= 0.6 is 0 Å². The van der Waals surface area contributed by atoms with Gasteiger partial charge in [-0.15, -0.1) is 0 Å². The lowest BCUT2D eigenvalue weighted by atomic mass is 9.72. The Morgan fingerprint density at radius 3 is 2.44 bits per heavy atom. The third-order valence-electron chi connectivity index (χ3n) is 5.46. The second-order valence-electron chi connectivity index (χ2n) is 7.46. The van der Waals surface area contributed by atoms with Gasteiger partial charge < -0.3 is 20.0 Å². The Labute approximate surface area is 148 Å². The summed E-state index contributed by atoms with van der Waals surface area (Å²) < 4.78 is 0. The molecule has 1 aromatic rings. The van der Waals surface area contributed by atoms with Gasteiger partial charge in [-0.3, -0.25) is 9.59 Å². The second kappa shape index (κ2) is 7.04. The molecule has 0 bridgehead atoms. The largest absolute Gasteiger partial charge is 0.508 e. The fourth-order valence-electron chi connectivity index (χ4n) is 3.97. The summed E-state index contributed by atoms with van der Waals surface area (Å²) in [6.45, 7) is 4.12. The zero-order valence-electron chi connectivity index (χ0n) is 14.6. The van der Waals surface area contributed by atoms with E-state index in [1.807, 2.05) is 4.90 Å². The Kier molecular flexibility index (Phi) is 4.99. The van der Waals surface area contributed by atoms with Crippen LogP contribution in [0, 0.1) is 5.41 Å². The minimum atomic E-state index is -0.518. The maximum absolute atomic E-state index is 12.6. The van der Waals surface area contributed by atoms with Crippen molar-refractivity contribution in [2.75, 3.05) is 26.2 Å². The normalized spacial score (nSPS) is 21.4. The van der Waals surface area contributed by atoms with Crippen molar-refractivity contribution in [3.8, 4) is 5.75 Å². The number of amides is 2. The number of phenolic OH excluding ortho intramolecular Hbond substituents is 1. The Balaban J connectivity index is 1.61. The number of carbonyl (C=O) groups is 2. The summed E-state index contributed by atoms with van der Waals surface area (Å²) in [5.74, 6) is 0.260. The first kappa shape index (κ1) is 17.7. The van der Waals surface area contributed by atoms with Gasteiger partial charge in [0.1, 0.15) is 5.75 Å². The summed E-state index contributed by atoms with van der Waals surface area (Å²) in [6, 6.07) is 6.34. The van der Waals surface area contributed by atoms with E-state index in [9.17, 15) is 19.8 Å². The minimum absolute atomic E-state index is 0.0115. The number of hydrogen-bond acceptors (Lipinski definition) is 4. The second-order valence-corrected chi connectivity index (χ2v) is 7.46. The maximum atomic E-state index is 12.6. The van der Waals surface area contributed by atoms with Crippen LogP contribution in [0.25, 0.3) is 0 Å². The molecule has 1 atom stereocenters. The van der Waals surface area contributed by atoms with E-state index in [1.54, 1.807) is 24.0 Å². The first-order valence-electron chi connectivity index (χ1n) is 8.93. The van der Waals surface area contributed by atoms with Gasteiger partial charge in [0, 0.05) is 38.2 Å². The SMILES string of the molecule is CC(O)CN1CC2(CCC1=O)CCN(C(=O)c1ccc(O)cc1)CC2. The van der Waals surface area contributed by atoms with Crippen LogP contribution < -0.4 is 0 Å². The summed E-state index contributed by atoms with van der Waals surface area (Å²) in [7, 11) is 0. The molecular formula is C19H26N2O4. The van der Waals surface area contributed by atoms with Gasteiger partial charge in [-0.05, 0) is 55.9 Å². The topological polar surface area (TPSA) is 81.1 Å². The van der Waals surface area contributed by atoms with Gasteiger partial charge in [0.15, 0.2) is 0 Å². The number of rotatable bonds is 3. The van der Waals surface area contributed by atoms with E-state index < -0.39 is 6.10 Å². The van der Waals surface area contributed by atoms with Gasteiger partial charge in [0.2, 0.25) is 5.91 Å². The zero-order chi connectivity index (χ0) is 18.0. The van der Waals surface area contributed by atoms with Crippen LogP contribution in [0.3, 0.4) is 0 Å². The van der Waals surface area contributed by atoms with E-state index in [0.29, 0.717) is 38.2 Å². The van der Waals surface area contributed by atoms with Crippen molar-refractivity contribution in [2.45, 2.75) is 38.7 Å². The van der Waals surface area contributed by atoms with Gasteiger partial charge in [0.25, 0.3) is 5.91 Å². The van der Waals surface area contributed by atoms with Crippen LogP contribution in [0.2, 0.25) is 0 Å². The molecule has 25 heavy (non-hydrogen) atoms. The number of β-amino-alcohol motifs (C(OH)–C–C–N with tert-alkyl or cyclic N) is 1. The molecule has 1 unspecified atom stereocenters. The van der Waals surface area contributed by atoms with Crippen molar-refractivity contribution in [1.82, 2.24) is 9.80 Å². The van der Waals surface area contributed by atoms with E-state index in [0.717, 1.165) is 19.3 Å². The first-order chi connectivity index (χ1) is 11.9. The van der Waals surface area contributed by atoms with E-state index >= 15 is 0 Å². The number of aliphatic hydroxyl groups is 1. The molecule has 2 amide bonds. The lowest BCUT2D eigenvalue weighted by Gasteiger charge is -2.47. The Hall–Kier alpha value is -2.08. The van der Waals surface area contributed by atoms with Crippen LogP contribution in [0.5, 0.6) is 5.75 Å². The molecule has 0 radical (unpaired) electrons. The molecule has 0 aliphatic carbocycles. The molecule has 2 aliphatic rings. The van der Waals surface area contributed by atoms with E-state index in [4.69, 9.17) is 0 Å². The molecular weight excluding hydrogens is 320 g/mol. The standard InChI is InChI=1S/C19H26N2O4/c1-14(22)12-21-13-19(7-6-17(21)24)8-10-20(11-9-19)18(25)15-2-4-16(23)5-3-15/h2-5,14,22-23H,6-13H2,1H3. The summed E-state index contributed by atoms with van der Waals surface area (Å²) >= 11 is 0. The van der Waals surface area contributed by atoms with Crippen LogP contribution in [0.4, 0.5) is 0 Å². The van der Waals surface area contributed by atoms with Gasteiger partial charge in [-0.2, -0.15) is 0 Å². The predicted molar refractivity (Wildman–Crippen MR) is 93.2 cm³/mol. The first-order valence-corrected chi connectivity index (χ1v) is 8.93. The highest BCUT2D eigenvalue weighted by atomic mass is 16.3. The monoisotopic (exact) mass is 346 g/mol. The van der Waals surface area contributed by atoms with Gasteiger partial charge in [0.05, 0.1) is 6.10 Å². The minimum Gasteiger partial charge on any atom is -0.508 e. The fraction of sp³-hybridized carbons (Fsp3) is 0.579. The van der Waals surface area contributed by atoms with Gasteiger partial charge >= 0.3 is 0 Å². The van der Waals surface area contributed by atoms with Gasteiger partial charge in [-0.25, -0.2) is 0 Å². The predicted octanol–water partition coefficient (Wildman–Crippen LogP) is 1.62. The number of hydrogen-bond donors (Lipinski definition) is 2. The fourth-order valence-corrected chi connectivity index (χ4v) is 3.97. The molecule has 6 nitrogen and oxygen atoms in total. The number of aliphatic hydroxyl groups excluding tert-OH is 1. The lowest BCUT2D eigenvalue weighted by molar-refractivity contribution is -0.140. The molecule has 1 spiro atoms. The van der Waals surface area contributed by atoms with Crippen LogP contribution in [-0.4, -0.2) is 64.1 Å². The number of benzene rings is 1. The Morgan fingerprint density at radius 2 is 1.84 bits per heavy atom. The number of carbonyl (C=O) groups excluding carboxylic acids is 2. The number of phenols is 1. The summed E-state index contributed by atoms with van der Waals surface area (Å²) in [4.78, 5) is 28.3. The summed E-state index contributed by atoms with van der Waals surface area (Å²) in [5.41, 5.74) is 0.650. The smallest absolute Gasteiger partial charge is 0.253 e. The highest BCUT2D eigenvalue weighted by Crippen LogP contribution is 2.40. The number of aromatic hydroxyl groups is 1. The molecule has 0 saturated carbocycles. The Bertz CT molecular complexity index is 633. The third kappa shape index (κ3) is 3.95. The molecule has 2 N–H and O–H groups in total. The molecule has 2 fully saturated rings. The summed E-state index contributed by atoms with van der Waals surface area (Å²) in [6.07, 6.45) is 2.62. The average molecular weight is 346 g/mol. The molecule has 6 heteroatoms. The number of nitrogens with zero attached hydrogens (tertiary/aromatic N) is 2. The highest BCUT2D eigenvalue weighted by molar-refractivity contribution is 5.94. The van der Waals surface area contributed by atoms with Crippen LogP contribution in [0.15, 0.2) is 24.3 Å². The number of likely N-dealkylation sites (tertiary alicyclic amines) is 2. The number of piperidine rings is 2. The van der Waals surface area contributed by atoms with Crippen LogP contribution in [0.1, 0.15) is 43.0 Å². The van der Waals surface area contributed by atoms with E-state index in [-0.39, 0.29) is 23.0 Å². The zero-order valence-corrected chi connectivity index (χ0v) is 14.6. The Morgan fingerprint density at radius 1 is 1.20 bits per heavy atom. The van der Waals surface area contributed by atoms with Crippen molar-refractivity contribution in [3.05, 3.63) is 29.8 Å². The van der Waals surface area contributed by atoms with Crippen molar-refractivity contribution < 1.29 is 19.8 Å². The molecule has 2 heterocycles. The van der Waals surface area contributed by atoms with Gasteiger partial charge in [-0.1, -0.05) is 0 Å². The summed E-state index contributed by atoms with van der Waals surface area (Å²) in [5, 5.41) is 19.0. The molecule has 2 saturated heterocycles. The third-order valence-corrected chi connectivity index (χ3v) is 5.46. The lowest BCUT2D eigenvalue weighted by Crippen LogP contribution is -2.53. The maximum Gasteiger partial charge on any atom is 0.253 e. The van der Waals surface area contributed by atoms with Crippen molar-refractivity contribution in [1.29, 1.82) is 0 Å². The van der Waals surface area contributed by atoms with E-state index in [2.05, 4.69) is 0 Å². The average Bonchev–Trinajstić information content (AvgIpc) is 2.59. The van der Waals surface area contributed by atoms with Crippen molar-refractivity contribution in [2.24, 2.45) is 5.41 Å².